The number of hydrogen-bond donors (Lipinski definition) is 2. The van der Waals surface area contributed by atoms with Gasteiger partial charge in [-0.1, -0.05) is 39.0 Å². The Morgan fingerprint density at radius 2 is 1.80 bits per heavy atom. The van der Waals surface area contributed by atoms with Gasteiger partial charge in [0.05, 0.1) is 5.92 Å². The molecule has 2 N–H and O–H groups in total. The molecule has 1 aliphatic carbocycles. The molecule has 1 fully saturated rings. The van der Waals surface area contributed by atoms with E-state index in [1.165, 1.54) is 32.1 Å². The highest BCUT2D eigenvalue weighted by Gasteiger charge is 2.26. The lowest BCUT2D eigenvalue weighted by atomic mass is 9.81. The summed E-state index contributed by atoms with van der Waals surface area (Å²) < 4.78 is 0. The van der Waals surface area contributed by atoms with Crippen molar-refractivity contribution >= 4 is 11.9 Å². The van der Waals surface area contributed by atoms with Crippen LogP contribution in [-0.2, 0) is 9.59 Å². The van der Waals surface area contributed by atoms with Crippen molar-refractivity contribution in [3.63, 3.8) is 0 Å². The van der Waals surface area contributed by atoms with Crippen LogP contribution in [0.15, 0.2) is 0 Å². The van der Waals surface area contributed by atoms with Crippen LogP contribution in [0, 0.1) is 17.8 Å². The van der Waals surface area contributed by atoms with Crippen molar-refractivity contribution in [2.75, 3.05) is 0 Å². The predicted molar refractivity (Wildman–Crippen MR) is 79.4 cm³/mol. The smallest absolute Gasteiger partial charge is 0.308 e. The van der Waals surface area contributed by atoms with Crippen molar-refractivity contribution in [1.82, 2.24) is 5.32 Å². The van der Waals surface area contributed by atoms with Crippen molar-refractivity contribution < 1.29 is 14.7 Å². The Bertz CT molecular complexity index is 324. The van der Waals surface area contributed by atoms with E-state index in [0.717, 1.165) is 12.8 Å². The molecule has 1 aliphatic rings. The number of carbonyl (C=O) groups is 2. The summed E-state index contributed by atoms with van der Waals surface area (Å²) in [5.41, 5.74) is 0. The van der Waals surface area contributed by atoms with Gasteiger partial charge in [-0.3, -0.25) is 9.59 Å². The van der Waals surface area contributed by atoms with Gasteiger partial charge in [-0.2, -0.15) is 0 Å². The second kappa shape index (κ2) is 8.28. The number of carbonyl (C=O) groups excluding carboxylic acids is 1. The van der Waals surface area contributed by atoms with Crippen LogP contribution >= 0.6 is 0 Å². The Balaban J connectivity index is 2.47. The van der Waals surface area contributed by atoms with E-state index >= 15 is 0 Å². The number of aliphatic carboxylic acids is 1. The summed E-state index contributed by atoms with van der Waals surface area (Å²) in [7, 11) is 0. The summed E-state index contributed by atoms with van der Waals surface area (Å²) in [4.78, 5) is 23.2. The molecule has 4 nitrogen and oxygen atoms in total. The molecule has 0 aliphatic heterocycles. The zero-order valence-electron chi connectivity index (χ0n) is 13.0. The first-order chi connectivity index (χ1) is 9.45. The lowest BCUT2D eigenvalue weighted by molar-refractivity contribution is -0.142. The summed E-state index contributed by atoms with van der Waals surface area (Å²) in [6.45, 7) is 5.44. The molecule has 116 valence electrons. The van der Waals surface area contributed by atoms with E-state index in [9.17, 15) is 9.59 Å². The minimum Gasteiger partial charge on any atom is -0.481 e. The van der Waals surface area contributed by atoms with Crippen molar-refractivity contribution in [3.8, 4) is 0 Å². The predicted octanol–water partition coefficient (Wildman–Crippen LogP) is 3.21. The molecular weight excluding hydrogens is 254 g/mol. The van der Waals surface area contributed by atoms with Crippen molar-refractivity contribution in [2.45, 2.75) is 71.8 Å². The molecule has 4 heteroatoms. The molecule has 20 heavy (non-hydrogen) atoms. The number of nitrogens with one attached hydrogen (secondary N) is 1. The van der Waals surface area contributed by atoms with Gasteiger partial charge in [0, 0.05) is 12.0 Å². The average molecular weight is 283 g/mol. The maximum atomic E-state index is 12.3. The van der Waals surface area contributed by atoms with Gasteiger partial charge < -0.3 is 10.4 Å². The topological polar surface area (TPSA) is 66.4 Å². The molecular formula is C16H29NO3. The van der Waals surface area contributed by atoms with Gasteiger partial charge >= 0.3 is 5.97 Å². The normalized spacial score (nSPS) is 20.9. The van der Waals surface area contributed by atoms with Crippen molar-refractivity contribution in [2.24, 2.45) is 17.8 Å². The second-order valence-electron chi connectivity index (χ2n) is 6.27. The van der Waals surface area contributed by atoms with Crippen LogP contribution in [0.2, 0.25) is 0 Å². The Hall–Kier alpha value is -1.06. The molecule has 0 radical (unpaired) electrons. The first-order valence-electron chi connectivity index (χ1n) is 7.98. The average Bonchev–Trinajstić information content (AvgIpc) is 2.44. The highest BCUT2D eigenvalue weighted by atomic mass is 16.4. The first kappa shape index (κ1) is 17.0. The third kappa shape index (κ3) is 5.14. The van der Waals surface area contributed by atoms with Gasteiger partial charge in [-0.25, -0.2) is 0 Å². The molecule has 0 aromatic carbocycles. The van der Waals surface area contributed by atoms with Gasteiger partial charge in [0.1, 0.15) is 0 Å². The molecule has 1 amide bonds. The van der Waals surface area contributed by atoms with Crippen LogP contribution in [0.25, 0.3) is 0 Å². The number of rotatable bonds is 7. The van der Waals surface area contributed by atoms with E-state index in [1.807, 2.05) is 6.92 Å². The Labute approximate surface area is 122 Å². The largest absolute Gasteiger partial charge is 0.481 e. The standard InChI is InChI=1S/C16H29NO3/c1-4-14(10-13-8-6-5-7-9-13)15(18)17-12(3)11(2)16(19)20/h11-14H,4-10H2,1-3H3,(H,17,18)(H,19,20). The lowest BCUT2D eigenvalue weighted by Gasteiger charge is -2.27. The van der Waals surface area contributed by atoms with Crippen LogP contribution in [0.1, 0.15) is 65.7 Å². The van der Waals surface area contributed by atoms with Gasteiger partial charge in [-0.05, 0) is 32.6 Å². The molecule has 0 saturated heterocycles. The summed E-state index contributed by atoms with van der Waals surface area (Å²) in [5.74, 6) is -0.684. The SMILES string of the molecule is CCC(CC1CCCCC1)C(=O)NC(C)C(C)C(=O)O. The molecule has 0 aromatic heterocycles. The van der Waals surface area contributed by atoms with E-state index in [4.69, 9.17) is 5.11 Å². The van der Waals surface area contributed by atoms with E-state index in [0.29, 0.717) is 5.92 Å². The molecule has 1 saturated carbocycles. The van der Waals surface area contributed by atoms with E-state index in [2.05, 4.69) is 5.32 Å². The Kier molecular flexibility index (Phi) is 7.03. The van der Waals surface area contributed by atoms with Crippen LogP contribution in [0.4, 0.5) is 0 Å². The van der Waals surface area contributed by atoms with E-state index in [-0.39, 0.29) is 17.9 Å². The number of hydrogen-bond acceptors (Lipinski definition) is 2. The maximum absolute atomic E-state index is 12.3. The summed E-state index contributed by atoms with van der Waals surface area (Å²) >= 11 is 0. The fraction of sp³-hybridized carbons (Fsp3) is 0.875. The van der Waals surface area contributed by atoms with Gasteiger partial charge in [-0.15, -0.1) is 0 Å². The summed E-state index contributed by atoms with van der Waals surface area (Å²) in [5, 5.41) is 11.9. The third-order valence-corrected chi connectivity index (χ3v) is 4.72. The molecule has 0 bridgehead atoms. The highest BCUT2D eigenvalue weighted by Crippen LogP contribution is 2.30. The monoisotopic (exact) mass is 283 g/mol. The zero-order valence-corrected chi connectivity index (χ0v) is 13.0. The third-order valence-electron chi connectivity index (χ3n) is 4.72. The van der Waals surface area contributed by atoms with Crippen molar-refractivity contribution in [3.05, 3.63) is 0 Å². The Morgan fingerprint density at radius 3 is 2.30 bits per heavy atom. The highest BCUT2D eigenvalue weighted by molar-refractivity contribution is 5.80. The summed E-state index contributed by atoms with van der Waals surface area (Å²) in [6, 6.07) is -0.319. The second-order valence-corrected chi connectivity index (χ2v) is 6.27. The molecule has 0 spiro atoms. The Morgan fingerprint density at radius 1 is 1.20 bits per heavy atom. The molecule has 3 unspecified atom stereocenters. The van der Waals surface area contributed by atoms with Crippen LogP contribution < -0.4 is 5.32 Å². The van der Waals surface area contributed by atoms with Gasteiger partial charge in [0.25, 0.3) is 0 Å². The lowest BCUT2D eigenvalue weighted by Crippen LogP contribution is -2.43. The number of carboxylic acids is 1. The number of amides is 1. The first-order valence-corrected chi connectivity index (χ1v) is 7.98. The number of carboxylic acid groups (broad SMARTS) is 1. The molecule has 1 rings (SSSR count). The zero-order chi connectivity index (χ0) is 15.1. The molecule has 0 aromatic rings. The van der Waals surface area contributed by atoms with Gasteiger partial charge in [0.15, 0.2) is 0 Å². The maximum Gasteiger partial charge on any atom is 0.308 e. The van der Waals surface area contributed by atoms with E-state index in [1.54, 1.807) is 13.8 Å². The minimum absolute atomic E-state index is 0.0265. The van der Waals surface area contributed by atoms with Crippen molar-refractivity contribution in [1.29, 1.82) is 0 Å². The fourth-order valence-electron chi connectivity index (χ4n) is 2.97. The fourth-order valence-corrected chi connectivity index (χ4v) is 2.97. The molecule has 3 atom stereocenters. The molecule has 0 heterocycles. The van der Waals surface area contributed by atoms with Crippen LogP contribution in [0.3, 0.4) is 0 Å². The van der Waals surface area contributed by atoms with Crippen LogP contribution in [0.5, 0.6) is 0 Å². The van der Waals surface area contributed by atoms with Crippen LogP contribution in [-0.4, -0.2) is 23.0 Å². The van der Waals surface area contributed by atoms with Gasteiger partial charge in [0.2, 0.25) is 5.91 Å². The quantitative estimate of drug-likeness (QED) is 0.754. The summed E-state index contributed by atoms with van der Waals surface area (Å²) in [6.07, 6.45) is 8.17. The van der Waals surface area contributed by atoms with E-state index < -0.39 is 11.9 Å². The minimum atomic E-state index is -0.863.